The smallest absolute Gasteiger partial charge is 0.326 e. The molecule has 0 aliphatic rings. The van der Waals surface area contributed by atoms with E-state index < -0.39 is 151 Å². The Labute approximate surface area is 365 Å². The third kappa shape index (κ3) is 20.6. The number of carbonyl (C=O) groups is 10. The van der Waals surface area contributed by atoms with Gasteiger partial charge in [-0.2, -0.15) is 12.6 Å². The van der Waals surface area contributed by atoms with Crippen molar-refractivity contribution in [1.82, 2.24) is 42.5 Å². The van der Waals surface area contributed by atoms with E-state index in [9.17, 15) is 68.4 Å². The van der Waals surface area contributed by atoms with Crippen LogP contribution in [0.25, 0.3) is 0 Å². The van der Waals surface area contributed by atoms with Gasteiger partial charge in [-0.25, -0.2) is 4.79 Å². The van der Waals surface area contributed by atoms with Crippen LogP contribution in [0, 0.1) is 17.8 Å². The van der Waals surface area contributed by atoms with Crippen LogP contribution in [0.4, 0.5) is 0 Å². The summed E-state index contributed by atoms with van der Waals surface area (Å²) in [6.07, 6.45) is -3.46. The molecule has 0 fully saturated rings. The van der Waals surface area contributed by atoms with Crippen molar-refractivity contribution in [3.63, 3.8) is 0 Å². The second-order valence-electron chi connectivity index (χ2n) is 15.9. The van der Waals surface area contributed by atoms with E-state index in [-0.39, 0.29) is 24.7 Å². The topological polar surface area (TPSA) is 400 Å². The lowest BCUT2D eigenvalue weighted by molar-refractivity contribution is -0.144. The summed E-state index contributed by atoms with van der Waals surface area (Å²) in [7, 11) is 0. The van der Waals surface area contributed by atoms with E-state index in [4.69, 9.17) is 11.5 Å². The molecule has 16 N–H and O–H groups in total. The van der Waals surface area contributed by atoms with Gasteiger partial charge in [-0.05, 0) is 44.4 Å². The van der Waals surface area contributed by atoms with Crippen LogP contribution in [0.1, 0.15) is 74.7 Å². The minimum Gasteiger partial charge on any atom is -0.480 e. The third-order valence-corrected chi connectivity index (χ3v) is 9.27. The van der Waals surface area contributed by atoms with E-state index in [0.29, 0.717) is 0 Å². The molecule has 0 aliphatic carbocycles. The van der Waals surface area contributed by atoms with Crippen molar-refractivity contribution in [3.8, 4) is 0 Å². The van der Waals surface area contributed by atoms with Crippen molar-refractivity contribution in [1.29, 1.82) is 0 Å². The molecule has 25 heteroatoms. The van der Waals surface area contributed by atoms with Crippen LogP contribution in [0.2, 0.25) is 0 Å². The maximum atomic E-state index is 13.6. The molecule has 0 aliphatic heterocycles. The Hall–Kier alpha value is -5.11. The zero-order valence-electron chi connectivity index (χ0n) is 36.2. The highest BCUT2D eigenvalue weighted by atomic mass is 32.1. The van der Waals surface area contributed by atoms with Crippen LogP contribution < -0.4 is 54.0 Å². The summed E-state index contributed by atoms with van der Waals surface area (Å²) < 4.78 is 0. The lowest BCUT2D eigenvalue weighted by Gasteiger charge is -2.28. The predicted octanol–water partition coefficient (Wildman–Crippen LogP) is -5.78. The quantitative estimate of drug-likeness (QED) is 0.0325. The Kier molecular flexibility index (Phi) is 25.5. The van der Waals surface area contributed by atoms with Gasteiger partial charge in [0.1, 0.15) is 48.3 Å². The van der Waals surface area contributed by atoms with Crippen molar-refractivity contribution in [2.45, 2.75) is 135 Å². The lowest BCUT2D eigenvalue weighted by atomic mass is 10.0. The number of nitrogens with one attached hydrogen (secondary N) is 8. The maximum Gasteiger partial charge on any atom is 0.326 e. The van der Waals surface area contributed by atoms with Crippen molar-refractivity contribution in [3.05, 3.63) is 0 Å². The Bertz CT molecular complexity index is 1580. The van der Waals surface area contributed by atoms with E-state index in [1.54, 1.807) is 27.7 Å². The van der Waals surface area contributed by atoms with Crippen LogP contribution in [0.3, 0.4) is 0 Å². The zero-order valence-corrected chi connectivity index (χ0v) is 37.1. The average molecular weight is 907 g/mol. The first-order valence-corrected chi connectivity index (χ1v) is 20.5. The van der Waals surface area contributed by atoms with E-state index in [1.165, 1.54) is 27.7 Å². The van der Waals surface area contributed by atoms with Gasteiger partial charge in [-0.3, -0.25) is 43.2 Å². The first kappa shape index (κ1) is 56.9. The van der Waals surface area contributed by atoms with Crippen LogP contribution in [0.5, 0.6) is 0 Å². The summed E-state index contributed by atoms with van der Waals surface area (Å²) in [6, 6.07) is -11.9. The normalized spacial score (nSPS) is 16.1. The number of carboxylic acid groups (broad SMARTS) is 1. The molecule has 0 aromatic heterocycles. The number of carboxylic acids is 1. The molecule has 62 heavy (non-hydrogen) atoms. The predicted molar refractivity (Wildman–Crippen MR) is 224 cm³/mol. The second-order valence-corrected chi connectivity index (χ2v) is 16.3. The molecule has 0 radical (unpaired) electrons. The summed E-state index contributed by atoms with van der Waals surface area (Å²) >= 11 is 4.10. The van der Waals surface area contributed by atoms with Crippen LogP contribution in [-0.4, -0.2) is 159 Å². The van der Waals surface area contributed by atoms with E-state index in [2.05, 4.69) is 55.2 Å². The summed E-state index contributed by atoms with van der Waals surface area (Å²) in [6.45, 7) is 10.7. The number of amides is 9. The number of thiol groups is 1. The highest BCUT2D eigenvalue weighted by Crippen LogP contribution is 2.09. The molecule has 24 nitrogen and oxygen atoms in total. The molecule has 9 amide bonds. The summed E-state index contributed by atoms with van der Waals surface area (Å²) in [5.74, 6) is -11.6. The Morgan fingerprint density at radius 2 is 0.984 bits per heavy atom. The lowest BCUT2D eigenvalue weighted by Crippen LogP contribution is -2.61. The number of aliphatic hydroxyl groups excluding tert-OH is 3. The van der Waals surface area contributed by atoms with Gasteiger partial charge in [0.25, 0.3) is 0 Å². The van der Waals surface area contributed by atoms with Crippen LogP contribution in [0.15, 0.2) is 0 Å². The molecule has 0 heterocycles. The molecule has 0 aromatic carbocycles. The molecule has 0 saturated carbocycles. The molecule has 0 bridgehead atoms. The van der Waals surface area contributed by atoms with Gasteiger partial charge < -0.3 is 74.4 Å². The van der Waals surface area contributed by atoms with Crippen molar-refractivity contribution in [2.24, 2.45) is 29.2 Å². The molecule has 0 unspecified atom stereocenters. The highest BCUT2D eigenvalue weighted by molar-refractivity contribution is 7.80. The first-order chi connectivity index (χ1) is 28.7. The molecule has 10 atom stereocenters. The van der Waals surface area contributed by atoms with Gasteiger partial charge in [0.2, 0.25) is 53.2 Å². The summed E-state index contributed by atoms with van der Waals surface area (Å²) in [5.41, 5.74) is 10.9. The van der Waals surface area contributed by atoms with Crippen LogP contribution in [-0.2, 0) is 47.9 Å². The fourth-order valence-corrected chi connectivity index (χ4v) is 5.71. The van der Waals surface area contributed by atoms with Gasteiger partial charge >= 0.3 is 5.97 Å². The highest BCUT2D eigenvalue weighted by Gasteiger charge is 2.35. The number of primary amides is 1. The van der Waals surface area contributed by atoms with Gasteiger partial charge in [-0.15, -0.1) is 0 Å². The number of rotatable bonds is 28. The van der Waals surface area contributed by atoms with Crippen molar-refractivity contribution < 1.29 is 68.4 Å². The first-order valence-electron chi connectivity index (χ1n) is 19.9. The third-order valence-electron chi connectivity index (χ3n) is 8.91. The van der Waals surface area contributed by atoms with E-state index in [1.807, 2.05) is 0 Å². The molecule has 0 saturated heterocycles. The van der Waals surface area contributed by atoms with Gasteiger partial charge in [0.05, 0.1) is 31.8 Å². The van der Waals surface area contributed by atoms with Crippen LogP contribution >= 0.6 is 12.6 Å². The second kappa shape index (κ2) is 27.8. The molecular weight excluding hydrogens is 841 g/mol. The minimum atomic E-state index is -1.76. The summed E-state index contributed by atoms with van der Waals surface area (Å²) in [4.78, 5) is 128. The number of aliphatic hydroxyl groups is 3. The van der Waals surface area contributed by atoms with Gasteiger partial charge in [0.15, 0.2) is 0 Å². The molecule has 0 aromatic rings. The fourth-order valence-electron chi connectivity index (χ4n) is 5.46. The largest absolute Gasteiger partial charge is 0.480 e. The zero-order chi connectivity index (χ0) is 48.2. The molecular formula is C37H66N10O14S. The maximum absolute atomic E-state index is 13.6. The monoisotopic (exact) mass is 906 g/mol. The van der Waals surface area contributed by atoms with Crippen molar-refractivity contribution >= 4 is 71.8 Å². The fraction of sp³-hybridized carbons (Fsp3) is 0.730. The minimum absolute atomic E-state index is 0.0342. The standard InChI is InChI=1S/C37H66N10O14S/c1-15(2)9-20(42-35(58)27(39)18(7)49)30(53)40-12-26(52)46-29(19(8)50)36(59)43-21(10-16(3)4)31(54)45-24(14-62)34(57)41-22(11-25(38)51)32(55)44-23(13-48)33(56)47-28(17(5)6)37(60)61/h15-24,27-29,48-50,62H,9-14,39H2,1-8H3,(H2,38,51)(H,40,53)(H,41,57)(H,42,58)(H,43,59)(H,44,55)(H,45,54)(H,46,52)(H,47,56)(H,60,61)/t18-,19-,20+,21+,22+,23+,24+,27+,28+,29+/m1/s1. The van der Waals surface area contributed by atoms with Crippen molar-refractivity contribution in [2.75, 3.05) is 18.9 Å². The Morgan fingerprint density at radius 3 is 1.42 bits per heavy atom. The van der Waals surface area contributed by atoms with E-state index in [0.717, 1.165) is 0 Å². The Morgan fingerprint density at radius 1 is 0.548 bits per heavy atom. The van der Waals surface area contributed by atoms with Gasteiger partial charge in [-0.1, -0.05) is 41.5 Å². The number of nitrogens with two attached hydrogens (primary N) is 2. The molecule has 0 rings (SSSR count). The summed E-state index contributed by atoms with van der Waals surface area (Å²) in [5, 5.41) is 57.6. The average Bonchev–Trinajstić information content (AvgIpc) is 3.16. The number of hydrogen-bond donors (Lipinski definition) is 15. The number of aliphatic carboxylic acids is 1. The van der Waals surface area contributed by atoms with Gasteiger partial charge in [0, 0.05) is 5.75 Å². The Balaban J connectivity index is 5.96. The number of hydrogen-bond acceptors (Lipinski definition) is 15. The molecule has 354 valence electrons. The number of carbonyl (C=O) groups excluding carboxylic acids is 9. The SMILES string of the molecule is CC(C)C[C@H](NC(=O)[C@@H](N)[C@@H](C)O)C(=O)NCC(=O)N[C@H](C(=O)N[C@@H](CC(C)C)C(=O)N[C@@H](CS)C(=O)N[C@@H](CC(N)=O)C(=O)N[C@@H](CO)C(=O)N[C@H](C(=O)O)C(C)C)[C@@H](C)O. The van der Waals surface area contributed by atoms with E-state index >= 15 is 0 Å². The molecule has 0 spiro atoms.